The molecule has 0 amide bonds. The molecule has 0 saturated carbocycles. The number of halogens is 1. The molecule has 0 rings (SSSR count). The fourth-order valence-corrected chi connectivity index (χ4v) is 7.29. The van der Waals surface area contributed by atoms with Crippen molar-refractivity contribution in [3.63, 3.8) is 0 Å². The number of aliphatic hydroxyl groups is 1. The van der Waals surface area contributed by atoms with Crippen LogP contribution in [0.1, 0.15) is 138 Å². The van der Waals surface area contributed by atoms with E-state index in [1.165, 1.54) is 0 Å². The molecule has 2 nitrogen and oxygen atoms in total. The minimum Gasteiger partial charge on any atom is -0.393 e. The zero-order chi connectivity index (χ0) is 28.4. The zero-order valence-electron chi connectivity index (χ0n) is 26.9. The molecule has 0 radical (unpaired) electrons. The van der Waals surface area contributed by atoms with Gasteiger partial charge < -0.3 is 8.17 Å². The van der Waals surface area contributed by atoms with Gasteiger partial charge in [-0.25, -0.2) is 0 Å². The molecule has 1 N–H and O–H groups in total. The van der Waals surface area contributed by atoms with E-state index >= 15 is 0 Å². The molecule has 206 valence electrons. The van der Waals surface area contributed by atoms with Gasteiger partial charge >= 0.3 is 0 Å². The second kappa shape index (κ2) is 9.44. The Hall–Kier alpha value is 0.650. The largest absolute Gasteiger partial charge is 0.393 e. The second-order valence-electron chi connectivity index (χ2n) is 16.2. The Labute approximate surface area is 229 Å². The van der Waals surface area contributed by atoms with Crippen molar-refractivity contribution >= 4 is 23.0 Å². The predicted molar refractivity (Wildman–Crippen MR) is 160 cm³/mol. The van der Waals surface area contributed by atoms with E-state index in [9.17, 15) is 5.11 Å². The first-order valence-corrected chi connectivity index (χ1v) is 14.3. The number of hydrogen-bond acceptors (Lipinski definition) is 2. The molecule has 3 heteroatoms. The van der Waals surface area contributed by atoms with Crippen LogP contribution in [0.25, 0.3) is 0 Å². The van der Waals surface area contributed by atoms with Crippen LogP contribution in [-0.4, -0.2) is 17.3 Å². The third kappa shape index (κ3) is 4.36. The van der Waals surface area contributed by atoms with Gasteiger partial charge in [-0.2, -0.15) is 0 Å². The quantitative estimate of drug-likeness (QED) is 0.241. The molecule has 34 heavy (non-hydrogen) atoms. The molecule has 0 aliphatic heterocycles. The molecule has 0 aromatic carbocycles. The molecule has 0 spiro atoms. The fraction of sp³-hybridized carbons (Fsp3) is 1.00. The van der Waals surface area contributed by atoms with E-state index in [0.29, 0.717) is 0 Å². The maximum Gasteiger partial charge on any atom is 0.110 e. The van der Waals surface area contributed by atoms with Crippen LogP contribution in [0.4, 0.5) is 0 Å². The third-order valence-corrected chi connectivity index (χ3v) is 15.6. The van der Waals surface area contributed by atoms with Gasteiger partial charge in [0.1, 0.15) is 23.0 Å². The Morgan fingerprint density at radius 2 is 0.647 bits per heavy atom. The summed E-state index contributed by atoms with van der Waals surface area (Å²) in [7, 11) is 0. The highest BCUT2D eigenvalue weighted by Gasteiger charge is 2.67. The van der Waals surface area contributed by atoms with E-state index in [4.69, 9.17) is 3.07 Å². The summed E-state index contributed by atoms with van der Waals surface area (Å²) < 4.78 is 5.87. The second-order valence-corrected chi connectivity index (χ2v) is 16.7. The molecule has 0 saturated heterocycles. The van der Waals surface area contributed by atoms with E-state index in [1.54, 1.807) is 0 Å². The van der Waals surface area contributed by atoms with Gasteiger partial charge in [-0.3, -0.25) is 0 Å². The van der Waals surface area contributed by atoms with Crippen LogP contribution >= 0.6 is 23.0 Å². The minimum atomic E-state index is -0.389. The summed E-state index contributed by atoms with van der Waals surface area (Å²) >= 11 is 2.07. The van der Waals surface area contributed by atoms with Crippen molar-refractivity contribution in [1.29, 1.82) is 0 Å². The van der Waals surface area contributed by atoms with Gasteiger partial charge in [-0.05, 0) is 62.6 Å². The van der Waals surface area contributed by atoms with Crippen molar-refractivity contribution in [2.45, 2.75) is 151 Å². The van der Waals surface area contributed by atoms with E-state index in [-0.39, 0.29) is 60.9 Å². The summed E-state index contributed by atoms with van der Waals surface area (Å²) in [6, 6.07) is 0. The van der Waals surface area contributed by atoms with Crippen molar-refractivity contribution in [3.05, 3.63) is 0 Å². The van der Waals surface area contributed by atoms with Crippen LogP contribution in [-0.2, 0) is 3.07 Å². The van der Waals surface area contributed by atoms with Crippen LogP contribution < -0.4 is 0 Å². The van der Waals surface area contributed by atoms with Gasteiger partial charge in [0.15, 0.2) is 0 Å². The van der Waals surface area contributed by atoms with Crippen LogP contribution in [0.3, 0.4) is 0 Å². The average Bonchev–Trinajstić information content (AvgIpc) is 2.65. The summed E-state index contributed by atoms with van der Waals surface area (Å²) in [6.07, 6.45) is -0.254. The van der Waals surface area contributed by atoms with E-state index in [1.807, 2.05) is 6.92 Å². The molecular formula is C31H63IO2. The molecule has 0 aliphatic rings. The molecule has 0 bridgehead atoms. The minimum absolute atomic E-state index is 0.0139. The summed E-state index contributed by atoms with van der Waals surface area (Å²) in [4.78, 5) is 0. The molecule has 0 aliphatic carbocycles. The molecule has 2 atom stereocenters. The molecule has 0 heterocycles. The molecule has 0 fully saturated rings. The lowest BCUT2D eigenvalue weighted by molar-refractivity contribution is -0.233. The first-order valence-electron chi connectivity index (χ1n) is 13.4. The van der Waals surface area contributed by atoms with Gasteiger partial charge in [-0.15, -0.1) is 0 Å². The summed E-state index contributed by atoms with van der Waals surface area (Å²) in [5.41, 5.74) is -0.618. The Bertz CT molecular complexity index is 703. The highest BCUT2D eigenvalue weighted by molar-refractivity contribution is 14.1. The van der Waals surface area contributed by atoms with Crippen molar-refractivity contribution in [2.24, 2.45) is 48.7 Å². The SMILES string of the molecule is CC(O)C(C)(C)C(C)(C)C(C)(C)C(C)(C)C(C)(C)C(C)(C)C(C)(C)C(C)(C)C(C)(C)C(C)OI. The van der Waals surface area contributed by atoms with Gasteiger partial charge in [0.25, 0.3) is 0 Å². The van der Waals surface area contributed by atoms with E-state index in [0.717, 1.165) is 0 Å². The van der Waals surface area contributed by atoms with Crippen molar-refractivity contribution in [2.75, 3.05) is 0 Å². The Balaban J connectivity index is 7.01. The van der Waals surface area contributed by atoms with E-state index in [2.05, 4.69) is 155 Å². The lowest BCUT2D eigenvalue weighted by atomic mass is 9.34. The number of hydrogen-bond donors (Lipinski definition) is 1. The number of rotatable bonds is 11. The Kier molecular flexibility index (Phi) is 9.62. The topological polar surface area (TPSA) is 29.5 Å². The first kappa shape index (κ1) is 34.6. The van der Waals surface area contributed by atoms with Gasteiger partial charge in [-0.1, -0.05) is 125 Å². The average molecular weight is 595 g/mol. The Morgan fingerprint density at radius 1 is 0.441 bits per heavy atom. The first-order chi connectivity index (χ1) is 14.4. The third-order valence-electron chi connectivity index (χ3n) is 14.8. The van der Waals surface area contributed by atoms with Crippen LogP contribution in [0.15, 0.2) is 0 Å². The Morgan fingerprint density at radius 3 is 0.853 bits per heavy atom. The predicted octanol–water partition coefficient (Wildman–Crippen LogP) is 10.4. The summed E-state index contributed by atoms with van der Waals surface area (Å²) in [5, 5.41) is 10.8. The van der Waals surface area contributed by atoms with Crippen molar-refractivity contribution in [1.82, 2.24) is 0 Å². The smallest absolute Gasteiger partial charge is 0.110 e. The molecular weight excluding hydrogens is 531 g/mol. The van der Waals surface area contributed by atoms with Gasteiger partial charge in [0.05, 0.1) is 12.2 Å². The highest BCUT2D eigenvalue weighted by atomic mass is 127. The monoisotopic (exact) mass is 594 g/mol. The maximum absolute atomic E-state index is 10.8. The van der Waals surface area contributed by atoms with E-state index < -0.39 is 0 Å². The fourth-order valence-electron chi connectivity index (χ4n) is 6.66. The maximum atomic E-state index is 10.8. The molecule has 0 aromatic rings. The molecule has 2 unspecified atom stereocenters. The lowest BCUT2D eigenvalue weighted by Crippen LogP contribution is -2.65. The number of aliphatic hydroxyl groups excluding tert-OH is 1. The van der Waals surface area contributed by atoms with Gasteiger partial charge in [0, 0.05) is 0 Å². The van der Waals surface area contributed by atoms with Crippen LogP contribution in [0, 0.1) is 48.7 Å². The molecule has 0 aromatic heterocycles. The normalized spacial score (nSPS) is 18.2. The highest BCUT2D eigenvalue weighted by Crippen LogP contribution is 2.73. The summed E-state index contributed by atoms with van der Waals surface area (Å²) in [5.74, 6) is 0. The lowest BCUT2D eigenvalue weighted by Gasteiger charge is -2.71. The standard InChI is InChI=1S/C31H63IO2/c1-21(33)23(3,4)25(7,8)27(11,12)29(15,16)31(19,20)30(17,18)28(13,14)26(9,10)24(5,6)22(2)34-32/h21-22,33H,1-20H3. The van der Waals surface area contributed by atoms with Crippen LogP contribution in [0.5, 0.6) is 0 Å². The summed E-state index contributed by atoms with van der Waals surface area (Å²) in [6.45, 7) is 47.7. The van der Waals surface area contributed by atoms with Crippen molar-refractivity contribution in [3.8, 4) is 0 Å². The van der Waals surface area contributed by atoms with Crippen molar-refractivity contribution < 1.29 is 8.17 Å². The van der Waals surface area contributed by atoms with Crippen LogP contribution in [0.2, 0.25) is 0 Å². The zero-order valence-corrected chi connectivity index (χ0v) is 29.0. The van der Waals surface area contributed by atoms with Gasteiger partial charge in [0.2, 0.25) is 0 Å².